The Morgan fingerprint density at radius 1 is 0.864 bits per heavy atom. The van der Waals surface area contributed by atoms with E-state index in [2.05, 4.69) is 4.98 Å². The highest BCUT2D eigenvalue weighted by Gasteiger charge is 2.02. The molecule has 0 saturated heterocycles. The van der Waals surface area contributed by atoms with E-state index in [0.717, 1.165) is 28.8 Å². The van der Waals surface area contributed by atoms with E-state index in [1.807, 2.05) is 54.6 Å². The fourth-order valence-electron chi connectivity index (χ4n) is 2.15. The maximum atomic E-state index is 5.83. The summed E-state index contributed by atoms with van der Waals surface area (Å²) in [7, 11) is 0. The molecule has 3 rings (SSSR count). The van der Waals surface area contributed by atoms with Crippen LogP contribution in [-0.4, -0.2) is 18.2 Å². The number of pyridine rings is 1. The Morgan fingerprint density at radius 3 is 2.50 bits per heavy atom. The molecule has 112 valence electrons. The highest BCUT2D eigenvalue weighted by atomic mass is 35.5. The summed E-state index contributed by atoms with van der Waals surface area (Å²) in [6, 6.07) is 17.2. The van der Waals surface area contributed by atoms with Gasteiger partial charge >= 0.3 is 0 Å². The van der Waals surface area contributed by atoms with E-state index in [0.29, 0.717) is 18.2 Å². The molecule has 1 aromatic heterocycles. The predicted octanol–water partition coefficient (Wildman–Crippen LogP) is 4.74. The molecular weight excluding hydrogens is 298 g/mol. The van der Waals surface area contributed by atoms with Gasteiger partial charge in [-0.1, -0.05) is 29.8 Å². The van der Waals surface area contributed by atoms with Crippen LogP contribution >= 0.6 is 11.6 Å². The number of halogens is 1. The van der Waals surface area contributed by atoms with Crippen molar-refractivity contribution in [2.24, 2.45) is 0 Å². The second-order valence-corrected chi connectivity index (χ2v) is 5.27. The van der Waals surface area contributed by atoms with Crippen molar-refractivity contribution in [1.82, 2.24) is 4.98 Å². The van der Waals surface area contributed by atoms with E-state index in [4.69, 9.17) is 21.1 Å². The first-order chi connectivity index (χ1) is 10.8. The first-order valence-corrected chi connectivity index (χ1v) is 7.56. The second kappa shape index (κ2) is 7.14. The third-order valence-electron chi connectivity index (χ3n) is 3.22. The standard InChI is InChI=1S/C18H16ClNO2/c19-15-7-9-16(10-8-15)21-12-3-13-22-17-6-1-4-14-5-2-11-20-18(14)17/h1-2,4-11H,3,12-13H2. The van der Waals surface area contributed by atoms with Gasteiger partial charge in [-0.2, -0.15) is 0 Å². The van der Waals surface area contributed by atoms with Crippen molar-refractivity contribution in [3.63, 3.8) is 0 Å². The summed E-state index contributed by atoms with van der Waals surface area (Å²) in [5, 5.41) is 1.79. The highest BCUT2D eigenvalue weighted by molar-refractivity contribution is 6.30. The van der Waals surface area contributed by atoms with Crippen LogP contribution in [0.5, 0.6) is 11.5 Å². The van der Waals surface area contributed by atoms with E-state index in [-0.39, 0.29) is 0 Å². The molecule has 22 heavy (non-hydrogen) atoms. The SMILES string of the molecule is Clc1ccc(OCCCOc2cccc3cccnc23)cc1. The fourth-order valence-corrected chi connectivity index (χ4v) is 2.28. The lowest BCUT2D eigenvalue weighted by Gasteiger charge is -2.09. The van der Waals surface area contributed by atoms with Gasteiger partial charge in [0.2, 0.25) is 0 Å². The number of hydrogen-bond acceptors (Lipinski definition) is 3. The van der Waals surface area contributed by atoms with E-state index in [1.165, 1.54) is 0 Å². The molecule has 0 bridgehead atoms. The first kappa shape index (κ1) is 14.7. The monoisotopic (exact) mass is 313 g/mol. The van der Waals surface area contributed by atoms with Crippen LogP contribution in [0.4, 0.5) is 0 Å². The van der Waals surface area contributed by atoms with Crippen molar-refractivity contribution < 1.29 is 9.47 Å². The molecule has 0 spiro atoms. The Morgan fingerprint density at radius 2 is 1.64 bits per heavy atom. The van der Waals surface area contributed by atoms with Gasteiger partial charge in [0.15, 0.2) is 0 Å². The number of nitrogens with zero attached hydrogens (tertiary/aromatic N) is 1. The smallest absolute Gasteiger partial charge is 0.145 e. The second-order valence-electron chi connectivity index (χ2n) is 4.84. The van der Waals surface area contributed by atoms with Crippen LogP contribution in [-0.2, 0) is 0 Å². The van der Waals surface area contributed by atoms with Crippen LogP contribution in [0.15, 0.2) is 60.8 Å². The molecule has 4 heteroatoms. The van der Waals surface area contributed by atoms with Crippen LogP contribution in [0.3, 0.4) is 0 Å². The summed E-state index contributed by atoms with van der Waals surface area (Å²) >= 11 is 5.83. The number of rotatable bonds is 6. The number of aromatic nitrogens is 1. The first-order valence-electron chi connectivity index (χ1n) is 7.18. The zero-order valence-electron chi connectivity index (χ0n) is 12.0. The Balaban J connectivity index is 1.49. The Labute approximate surface area is 134 Å². The quantitative estimate of drug-likeness (QED) is 0.616. The summed E-state index contributed by atoms with van der Waals surface area (Å²) in [5.74, 6) is 1.63. The van der Waals surface area contributed by atoms with Gasteiger partial charge in [0.05, 0.1) is 13.2 Å². The third kappa shape index (κ3) is 3.68. The molecule has 3 nitrogen and oxygen atoms in total. The fraction of sp³-hybridized carbons (Fsp3) is 0.167. The molecule has 0 aliphatic carbocycles. The van der Waals surface area contributed by atoms with Gasteiger partial charge in [0.1, 0.15) is 17.0 Å². The van der Waals surface area contributed by atoms with Gasteiger partial charge in [-0.3, -0.25) is 4.98 Å². The maximum Gasteiger partial charge on any atom is 0.145 e. The largest absolute Gasteiger partial charge is 0.493 e. The molecule has 0 amide bonds. The lowest BCUT2D eigenvalue weighted by molar-refractivity contribution is 0.249. The molecule has 0 atom stereocenters. The molecule has 0 N–H and O–H groups in total. The van der Waals surface area contributed by atoms with E-state index in [9.17, 15) is 0 Å². The lowest BCUT2D eigenvalue weighted by Crippen LogP contribution is -2.05. The van der Waals surface area contributed by atoms with Gasteiger partial charge in [0, 0.05) is 23.0 Å². The molecule has 0 radical (unpaired) electrons. The van der Waals surface area contributed by atoms with Crippen LogP contribution in [0.2, 0.25) is 5.02 Å². The molecule has 3 aromatic rings. The van der Waals surface area contributed by atoms with Crippen molar-refractivity contribution in [2.75, 3.05) is 13.2 Å². The number of fused-ring (bicyclic) bond motifs is 1. The van der Waals surface area contributed by atoms with Crippen molar-refractivity contribution in [3.05, 3.63) is 65.8 Å². The van der Waals surface area contributed by atoms with Gasteiger partial charge in [0.25, 0.3) is 0 Å². The molecule has 0 aliphatic rings. The van der Waals surface area contributed by atoms with Crippen molar-refractivity contribution in [2.45, 2.75) is 6.42 Å². The minimum Gasteiger partial charge on any atom is -0.493 e. The molecule has 0 saturated carbocycles. The average Bonchev–Trinajstić information content (AvgIpc) is 2.56. The summed E-state index contributed by atoms with van der Waals surface area (Å²) in [4.78, 5) is 4.37. The number of ether oxygens (including phenoxy) is 2. The number of benzene rings is 2. The average molecular weight is 314 g/mol. The molecule has 2 aromatic carbocycles. The zero-order chi connectivity index (χ0) is 15.2. The van der Waals surface area contributed by atoms with Crippen LogP contribution in [0.25, 0.3) is 10.9 Å². The molecule has 0 unspecified atom stereocenters. The molecule has 1 heterocycles. The zero-order valence-corrected chi connectivity index (χ0v) is 12.8. The van der Waals surface area contributed by atoms with E-state index < -0.39 is 0 Å². The van der Waals surface area contributed by atoms with Crippen molar-refractivity contribution in [1.29, 1.82) is 0 Å². The Bertz CT molecular complexity index is 738. The van der Waals surface area contributed by atoms with E-state index in [1.54, 1.807) is 6.20 Å². The van der Waals surface area contributed by atoms with Gasteiger partial charge in [-0.15, -0.1) is 0 Å². The maximum absolute atomic E-state index is 5.83. The molecular formula is C18H16ClNO2. The lowest BCUT2D eigenvalue weighted by atomic mass is 10.2. The van der Waals surface area contributed by atoms with Crippen molar-refractivity contribution >= 4 is 22.5 Å². The summed E-state index contributed by atoms with van der Waals surface area (Å²) in [5.41, 5.74) is 0.892. The summed E-state index contributed by atoms with van der Waals surface area (Å²) in [6.45, 7) is 1.18. The molecule has 0 fully saturated rings. The van der Waals surface area contributed by atoms with Crippen LogP contribution in [0, 0.1) is 0 Å². The third-order valence-corrected chi connectivity index (χ3v) is 3.48. The van der Waals surface area contributed by atoms with Gasteiger partial charge < -0.3 is 9.47 Å². The normalized spacial score (nSPS) is 10.6. The Kier molecular flexibility index (Phi) is 4.76. The summed E-state index contributed by atoms with van der Waals surface area (Å²) < 4.78 is 11.4. The number of para-hydroxylation sites is 1. The number of hydrogen-bond donors (Lipinski definition) is 0. The summed E-state index contributed by atoms with van der Waals surface area (Å²) in [6.07, 6.45) is 2.57. The van der Waals surface area contributed by atoms with Crippen LogP contribution < -0.4 is 9.47 Å². The van der Waals surface area contributed by atoms with Gasteiger partial charge in [-0.05, 0) is 36.4 Å². The minimum absolute atomic E-state index is 0.587. The van der Waals surface area contributed by atoms with Crippen LogP contribution in [0.1, 0.15) is 6.42 Å². The highest BCUT2D eigenvalue weighted by Crippen LogP contribution is 2.23. The predicted molar refractivity (Wildman–Crippen MR) is 88.8 cm³/mol. The van der Waals surface area contributed by atoms with Gasteiger partial charge in [-0.25, -0.2) is 0 Å². The Hall–Kier alpha value is -2.26. The molecule has 0 aliphatic heterocycles. The minimum atomic E-state index is 0.587. The van der Waals surface area contributed by atoms with Crippen molar-refractivity contribution in [3.8, 4) is 11.5 Å². The topological polar surface area (TPSA) is 31.4 Å². The van der Waals surface area contributed by atoms with E-state index >= 15 is 0 Å².